The highest BCUT2D eigenvalue weighted by Crippen LogP contribution is 2.47. The van der Waals surface area contributed by atoms with Crippen molar-refractivity contribution >= 4 is 23.2 Å². The first-order valence-corrected chi connectivity index (χ1v) is 7.08. The van der Waals surface area contributed by atoms with Crippen molar-refractivity contribution < 1.29 is 4.84 Å². The lowest BCUT2D eigenvalue weighted by Crippen LogP contribution is -2.41. The summed E-state index contributed by atoms with van der Waals surface area (Å²) in [5, 5.41) is 3.95. The van der Waals surface area contributed by atoms with Gasteiger partial charge in [0.15, 0.2) is 0 Å². The fourth-order valence-electron chi connectivity index (χ4n) is 3.12. The van der Waals surface area contributed by atoms with E-state index in [0.717, 1.165) is 23.6 Å². The van der Waals surface area contributed by atoms with Crippen LogP contribution >= 0.6 is 11.6 Å². The molecule has 1 aliphatic heterocycles. The van der Waals surface area contributed by atoms with E-state index in [1.807, 2.05) is 12.1 Å². The molecule has 5 heteroatoms. The highest BCUT2D eigenvalue weighted by Gasteiger charge is 2.39. The Hall–Kier alpha value is -1.26. The van der Waals surface area contributed by atoms with Crippen molar-refractivity contribution in [2.45, 2.75) is 37.6 Å². The molecule has 0 amide bonds. The molecule has 4 nitrogen and oxygen atoms in total. The van der Waals surface area contributed by atoms with Gasteiger partial charge in [-0.15, -0.1) is 0 Å². The van der Waals surface area contributed by atoms with Crippen molar-refractivity contribution in [1.29, 1.82) is 0 Å². The molecule has 0 bridgehead atoms. The number of anilines is 1. The van der Waals surface area contributed by atoms with Crippen molar-refractivity contribution in [3.63, 3.8) is 0 Å². The van der Waals surface area contributed by atoms with Crippen molar-refractivity contribution in [2.24, 2.45) is 4.99 Å². The number of hydroxylamine groups is 1. The third-order valence-electron chi connectivity index (χ3n) is 3.96. The fraction of sp³-hybridized carbons (Fsp3) is 0.500. The molecule has 0 unspecified atom stereocenters. The van der Waals surface area contributed by atoms with Crippen LogP contribution in [0.3, 0.4) is 0 Å². The fourth-order valence-corrected chi connectivity index (χ4v) is 3.34. The Balaban J connectivity index is 2.08. The first-order chi connectivity index (χ1) is 9.25. The summed E-state index contributed by atoms with van der Waals surface area (Å²) in [4.78, 5) is 9.84. The van der Waals surface area contributed by atoms with Gasteiger partial charge in [0.05, 0.1) is 23.4 Å². The van der Waals surface area contributed by atoms with Gasteiger partial charge in [0.2, 0.25) is 5.96 Å². The number of aliphatic imine (C=N–C) groups is 1. The van der Waals surface area contributed by atoms with Crippen LogP contribution in [0, 0.1) is 0 Å². The van der Waals surface area contributed by atoms with E-state index in [1.54, 1.807) is 7.11 Å². The normalized spacial score (nSPS) is 20.4. The Morgan fingerprint density at radius 2 is 2.11 bits per heavy atom. The Bertz CT molecular complexity index is 509. The summed E-state index contributed by atoms with van der Waals surface area (Å²) < 4.78 is 0. The van der Waals surface area contributed by atoms with E-state index >= 15 is 0 Å². The van der Waals surface area contributed by atoms with Crippen LogP contribution in [0.25, 0.3) is 0 Å². The highest BCUT2D eigenvalue weighted by atomic mass is 35.5. The number of fused-ring (bicyclic) bond motifs is 2. The first kappa shape index (κ1) is 12.8. The molecule has 1 saturated carbocycles. The maximum Gasteiger partial charge on any atom is 0.221 e. The summed E-state index contributed by atoms with van der Waals surface area (Å²) in [5.74, 6) is 0.644. The molecule has 2 N–H and O–H groups in total. The third-order valence-corrected chi connectivity index (χ3v) is 4.28. The number of nitrogens with one attached hydrogen (secondary N) is 2. The van der Waals surface area contributed by atoms with Gasteiger partial charge >= 0.3 is 0 Å². The largest absolute Gasteiger partial charge is 0.323 e. The molecule has 1 aliphatic carbocycles. The number of rotatable bonds is 1. The number of halogens is 1. The zero-order valence-electron chi connectivity index (χ0n) is 11.0. The molecule has 1 fully saturated rings. The minimum absolute atomic E-state index is 0.148. The van der Waals surface area contributed by atoms with E-state index in [0.29, 0.717) is 5.96 Å². The molecule has 0 radical (unpaired) electrons. The lowest BCUT2D eigenvalue weighted by molar-refractivity contribution is 0.142. The smallest absolute Gasteiger partial charge is 0.221 e. The van der Waals surface area contributed by atoms with Crippen LogP contribution in [-0.2, 0) is 10.4 Å². The van der Waals surface area contributed by atoms with Crippen molar-refractivity contribution in [3.8, 4) is 0 Å². The molecule has 3 rings (SSSR count). The average Bonchev–Trinajstić information content (AvgIpc) is 2.42. The summed E-state index contributed by atoms with van der Waals surface area (Å²) >= 11 is 6.32. The van der Waals surface area contributed by atoms with E-state index in [-0.39, 0.29) is 5.54 Å². The van der Waals surface area contributed by atoms with Gasteiger partial charge in [0, 0.05) is 5.56 Å². The number of para-hydroxylation sites is 1. The second-order valence-electron chi connectivity index (χ2n) is 5.15. The monoisotopic (exact) mass is 279 g/mol. The summed E-state index contributed by atoms with van der Waals surface area (Å²) in [5.41, 5.74) is 4.82. The zero-order chi connectivity index (χ0) is 13.3. The quantitative estimate of drug-likeness (QED) is 0.774. The first-order valence-electron chi connectivity index (χ1n) is 6.70. The van der Waals surface area contributed by atoms with Crippen LogP contribution in [0.5, 0.6) is 0 Å². The van der Waals surface area contributed by atoms with Gasteiger partial charge < -0.3 is 5.32 Å². The second-order valence-corrected chi connectivity index (χ2v) is 5.55. The summed E-state index contributed by atoms with van der Waals surface area (Å²) in [7, 11) is 1.58. The topological polar surface area (TPSA) is 45.6 Å². The molecule has 0 aromatic heterocycles. The maximum atomic E-state index is 6.32. The van der Waals surface area contributed by atoms with Crippen LogP contribution in [0.2, 0.25) is 5.02 Å². The average molecular weight is 280 g/mol. The Morgan fingerprint density at radius 1 is 1.32 bits per heavy atom. The van der Waals surface area contributed by atoms with Crippen LogP contribution < -0.4 is 10.8 Å². The SMILES string of the molecule is CONC1=NC2(CCCCC2)c2cccc(Cl)c2N1. The van der Waals surface area contributed by atoms with Gasteiger partial charge in [-0.25, -0.2) is 10.5 Å². The van der Waals surface area contributed by atoms with E-state index in [9.17, 15) is 0 Å². The molecule has 0 atom stereocenters. The summed E-state index contributed by atoms with van der Waals surface area (Å²) in [6, 6.07) is 6.04. The standard InChI is InChI=1S/C14H18ClN3O/c1-19-18-13-16-12-10(6-5-7-11(12)15)14(17-13)8-3-2-4-9-14/h5-7H,2-4,8-9H2,1H3,(H2,16,17,18). The van der Waals surface area contributed by atoms with E-state index < -0.39 is 0 Å². The van der Waals surface area contributed by atoms with Gasteiger partial charge in [-0.05, 0) is 18.9 Å². The van der Waals surface area contributed by atoms with Crippen LogP contribution in [0.4, 0.5) is 5.69 Å². The van der Waals surface area contributed by atoms with Crippen LogP contribution in [0.15, 0.2) is 23.2 Å². The molecular weight excluding hydrogens is 262 g/mol. The van der Waals surface area contributed by atoms with Gasteiger partial charge in [0.25, 0.3) is 0 Å². The molecule has 1 aromatic carbocycles. The summed E-state index contributed by atoms with van der Waals surface area (Å²) in [6.45, 7) is 0. The Morgan fingerprint density at radius 3 is 2.84 bits per heavy atom. The Labute approximate surface area is 118 Å². The third kappa shape index (κ3) is 2.19. The molecule has 102 valence electrons. The van der Waals surface area contributed by atoms with Gasteiger partial charge in [-0.1, -0.05) is 43.0 Å². The maximum absolute atomic E-state index is 6.32. The van der Waals surface area contributed by atoms with Gasteiger partial charge in [-0.3, -0.25) is 4.84 Å². The van der Waals surface area contributed by atoms with Crippen LogP contribution in [0.1, 0.15) is 37.7 Å². The Kier molecular flexibility index (Phi) is 3.37. The molecule has 2 aliphatic rings. The van der Waals surface area contributed by atoms with E-state index in [4.69, 9.17) is 21.4 Å². The minimum atomic E-state index is -0.148. The molecule has 1 heterocycles. The van der Waals surface area contributed by atoms with Gasteiger partial charge in [0.1, 0.15) is 0 Å². The number of hydrogen-bond acceptors (Lipinski definition) is 4. The van der Waals surface area contributed by atoms with Crippen molar-refractivity contribution in [3.05, 3.63) is 28.8 Å². The lowest BCUT2D eigenvalue weighted by Gasteiger charge is -2.39. The minimum Gasteiger partial charge on any atom is -0.323 e. The molecular formula is C14H18ClN3O. The second kappa shape index (κ2) is 5.02. The van der Waals surface area contributed by atoms with Gasteiger partial charge in [-0.2, -0.15) is 0 Å². The highest BCUT2D eigenvalue weighted by molar-refractivity contribution is 6.34. The summed E-state index contributed by atoms with van der Waals surface area (Å²) in [6.07, 6.45) is 5.83. The predicted molar refractivity (Wildman–Crippen MR) is 77.4 cm³/mol. The van der Waals surface area contributed by atoms with E-state index in [1.165, 1.54) is 24.8 Å². The molecule has 19 heavy (non-hydrogen) atoms. The van der Waals surface area contributed by atoms with Crippen molar-refractivity contribution in [1.82, 2.24) is 5.48 Å². The number of benzene rings is 1. The van der Waals surface area contributed by atoms with E-state index in [2.05, 4.69) is 16.9 Å². The number of nitrogens with zero attached hydrogens (tertiary/aromatic N) is 1. The van der Waals surface area contributed by atoms with Crippen molar-refractivity contribution in [2.75, 3.05) is 12.4 Å². The molecule has 1 aromatic rings. The zero-order valence-corrected chi connectivity index (χ0v) is 11.8. The number of hydrogen-bond donors (Lipinski definition) is 2. The molecule has 1 spiro atoms. The number of guanidine groups is 1. The molecule has 0 saturated heterocycles. The lowest BCUT2D eigenvalue weighted by atomic mass is 9.76. The predicted octanol–water partition coefficient (Wildman–Crippen LogP) is 3.43. The van der Waals surface area contributed by atoms with Crippen LogP contribution in [-0.4, -0.2) is 13.1 Å².